The third-order valence-corrected chi connectivity index (χ3v) is 4.28. The third kappa shape index (κ3) is 3.00. The van der Waals surface area contributed by atoms with Crippen molar-refractivity contribution in [2.75, 3.05) is 5.32 Å². The Morgan fingerprint density at radius 3 is 2.63 bits per heavy atom. The number of aromatic nitrogens is 2. The molecule has 0 unspecified atom stereocenters. The summed E-state index contributed by atoms with van der Waals surface area (Å²) in [7, 11) is 0. The third-order valence-electron chi connectivity index (χ3n) is 2.73. The molecule has 2 aromatic heterocycles. The number of hydrogen-bond donors (Lipinski definition) is 1. The Bertz CT molecular complexity index is 642. The molecule has 5 heteroatoms. The van der Waals surface area contributed by atoms with E-state index in [2.05, 4.69) is 44.9 Å². The first-order valence-corrected chi connectivity index (χ1v) is 7.72. The van der Waals surface area contributed by atoms with Crippen molar-refractivity contribution in [3.8, 4) is 11.3 Å². The van der Waals surface area contributed by atoms with E-state index in [1.807, 2.05) is 18.5 Å². The second-order valence-electron chi connectivity index (χ2n) is 4.11. The minimum absolute atomic E-state index is 0.771. The molecule has 0 bridgehead atoms. The van der Waals surface area contributed by atoms with Crippen LogP contribution < -0.4 is 5.32 Å². The van der Waals surface area contributed by atoms with Gasteiger partial charge in [-0.05, 0) is 19.1 Å². The van der Waals surface area contributed by atoms with Gasteiger partial charge in [0.1, 0.15) is 5.01 Å². The summed E-state index contributed by atoms with van der Waals surface area (Å²) in [6.45, 7) is 2.80. The molecule has 1 aromatic carbocycles. The summed E-state index contributed by atoms with van der Waals surface area (Å²) in [4.78, 5) is 8.73. The molecule has 0 radical (unpaired) electrons. The minimum Gasteiger partial charge on any atom is -0.379 e. The molecule has 0 atom stereocenters. The van der Waals surface area contributed by atoms with E-state index in [1.165, 1.54) is 0 Å². The van der Waals surface area contributed by atoms with Gasteiger partial charge in [0.15, 0.2) is 0 Å². The Morgan fingerprint density at radius 2 is 2.00 bits per heavy atom. The smallest absolute Gasteiger partial charge is 0.112 e. The van der Waals surface area contributed by atoms with Crippen LogP contribution in [0.25, 0.3) is 11.3 Å². The number of anilines is 1. The van der Waals surface area contributed by atoms with Gasteiger partial charge in [-0.3, -0.25) is 0 Å². The molecule has 0 amide bonds. The van der Waals surface area contributed by atoms with Crippen molar-refractivity contribution < 1.29 is 0 Å². The van der Waals surface area contributed by atoms with Crippen LogP contribution in [-0.4, -0.2) is 9.97 Å². The highest BCUT2D eigenvalue weighted by molar-refractivity contribution is 7.10. The average molecular weight is 287 g/mol. The molecule has 96 valence electrons. The van der Waals surface area contributed by atoms with E-state index in [-0.39, 0.29) is 0 Å². The van der Waals surface area contributed by atoms with Crippen LogP contribution in [0.4, 0.5) is 5.69 Å². The molecule has 19 heavy (non-hydrogen) atoms. The molecule has 0 saturated carbocycles. The summed E-state index contributed by atoms with van der Waals surface area (Å²) in [5.41, 5.74) is 3.31. The molecule has 0 fully saturated rings. The monoisotopic (exact) mass is 287 g/mol. The number of nitrogens with zero attached hydrogens (tertiary/aromatic N) is 2. The van der Waals surface area contributed by atoms with Crippen LogP contribution in [0, 0.1) is 6.92 Å². The van der Waals surface area contributed by atoms with Crippen molar-refractivity contribution in [1.29, 1.82) is 0 Å². The van der Waals surface area contributed by atoms with E-state index < -0.39 is 0 Å². The number of aryl methyl sites for hydroxylation is 1. The lowest BCUT2D eigenvalue weighted by atomic mass is 10.1. The Balaban J connectivity index is 1.69. The summed E-state index contributed by atoms with van der Waals surface area (Å²) < 4.78 is 0. The zero-order chi connectivity index (χ0) is 13.1. The standard InChI is InChI=1S/C14H13N3S2/c1-10-17-13(9-19-10)11-2-4-12(5-3-11)16-8-14-15-6-7-18-14/h2-7,9,16H,8H2,1H3. The number of hydrogen-bond acceptors (Lipinski definition) is 5. The van der Waals surface area contributed by atoms with E-state index in [0.717, 1.165) is 33.5 Å². The normalized spacial score (nSPS) is 10.6. The summed E-state index contributed by atoms with van der Waals surface area (Å²) in [6.07, 6.45) is 1.83. The van der Waals surface area contributed by atoms with Crippen molar-refractivity contribution in [2.24, 2.45) is 0 Å². The molecular formula is C14H13N3S2. The Hall–Kier alpha value is -1.72. The first-order valence-electron chi connectivity index (χ1n) is 5.96. The van der Waals surface area contributed by atoms with Crippen LogP contribution in [0.2, 0.25) is 0 Å². The van der Waals surface area contributed by atoms with E-state index in [1.54, 1.807) is 22.7 Å². The fourth-order valence-electron chi connectivity index (χ4n) is 1.77. The highest BCUT2D eigenvalue weighted by Gasteiger charge is 2.02. The van der Waals surface area contributed by atoms with Gasteiger partial charge in [-0.2, -0.15) is 0 Å². The van der Waals surface area contributed by atoms with Crippen molar-refractivity contribution in [1.82, 2.24) is 9.97 Å². The van der Waals surface area contributed by atoms with Crippen LogP contribution in [0.5, 0.6) is 0 Å². The van der Waals surface area contributed by atoms with Crippen molar-refractivity contribution in [3.63, 3.8) is 0 Å². The molecule has 0 saturated heterocycles. The predicted molar refractivity (Wildman–Crippen MR) is 81.7 cm³/mol. The molecule has 0 spiro atoms. The molecule has 3 nitrogen and oxygen atoms in total. The van der Waals surface area contributed by atoms with Gasteiger partial charge in [0.05, 0.1) is 17.2 Å². The van der Waals surface area contributed by atoms with E-state index in [9.17, 15) is 0 Å². The highest BCUT2D eigenvalue weighted by atomic mass is 32.1. The topological polar surface area (TPSA) is 37.8 Å². The van der Waals surface area contributed by atoms with E-state index >= 15 is 0 Å². The lowest BCUT2D eigenvalue weighted by molar-refractivity contribution is 1.10. The predicted octanol–water partition coefficient (Wildman–Crippen LogP) is 4.19. The fraction of sp³-hybridized carbons (Fsp3) is 0.143. The lowest BCUT2D eigenvalue weighted by Crippen LogP contribution is -1.98. The molecule has 0 aliphatic carbocycles. The molecule has 0 aliphatic heterocycles. The van der Waals surface area contributed by atoms with Gasteiger partial charge in [0.2, 0.25) is 0 Å². The van der Waals surface area contributed by atoms with Crippen molar-refractivity contribution in [2.45, 2.75) is 13.5 Å². The largest absolute Gasteiger partial charge is 0.379 e. The lowest BCUT2D eigenvalue weighted by Gasteiger charge is -2.05. The van der Waals surface area contributed by atoms with Gasteiger partial charge in [-0.25, -0.2) is 9.97 Å². The van der Waals surface area contributed by atoms with Gasteiger partial charge in [0.25, 0.3) is 0 Å². The Morgan fingerprint density at radius 1 is 1.16 bits per heavy atom. The van der Waals surface area contributed by atoms with Gasteiger partial charge < -0.3 is 5.32 Å². The number of rotatable bonds is 4. The van der Waals surface area contributed by atoms with Crippen molar-refractivity contribution >= 4 is 28.4 Å². The van der Waals surface area contributed by atoms with Gasteiger partial charge >= 0.3 is 0 Å². The van der Waals surface area contributed by atoms with Crippen molar-refractivity contribution in [3.05, 3.63) is 51.2 Å². The fourth-order valence-corrected chi connectivity index (χ4v) is 2.95. The Labute approximate surface area is 120 Å². The van der Waals surface area contributed by atoms with E-state index in [4.69, 9.17) is 0 Å². The molecule has 2 heterocycles. The second kappa shape index (κ2) is 5.50. The zero-order valence-electron chi connectivity index (χ0n) is 10.5. The SMILES string of the molecule is Cc1nc(-c2ccc(NCc3nccs3)cc2)cs1. The maximum absolute atomic E-state index is 4.49. The maximum Gasteiger partial charge on any atom is 0.112 e. The zero-order valence-corrected chi connectivity index (χ0v) is 12.1. The summed E-state index contributed by atoms with van der Waals surface area (Å²) in [6, 6.07) is 8.35. The average Bonchev–Trinajstić information content (AvgIpc) is 3.08. The number of benzene rings is 1. The molecule has 1 N–H and O–H groups in total. The Kier molecular flexibility index (Phi) is 3.57. The summed E-state index contributed by atoms with van der Waals surface area (Å²) >= 11 is 3.34. The molecule has 3 aromatic rings. The molecule has 3 rings (SSSR count). The van der Waals surface area contributed by atoms with Crippen LogP contribution in [-0.2, 0) is 6.54 Å². The summed E-state index contributed by atoms with van der Waals surface area (Å²) in [5.74, 6) is 0. The highest BCUT2D eigenvalue weighted by Crippen LogP contribution is 2.23. The van der Waals surface area contributed by atoms with Crippen LogP contribution in [0.15, 0.2) is 41.2 Å². The number of thiazole rings is 2. The van der Waals surface area contributed by atoms with E-state index in [0.29, 0.717) is 0 Å². The van der Waals surface area contributed by atoms with Crippen LogP contribution >= 0.6 is 22.7 Å². The first kappa shape index (κ1) is 12.3. The second-order valence-corrected chi connectivity index (χ2v) is 6.15. The van der Waals surface area contributed by atoms with Crippen LogP contribution in [0.1, 0.15) is 10.0 Å². The molecular weight excluding hydrogens is 274 g/mol. The molecule has 0 aliphatic rings. The van der Waals surface area contributed by atoms with Gasteiger partial charge in [0, 0.05) is 28.2 Å². The summed E-state index contributed by atoms with van der Waals surface area (Å²) in [5, 5.41) is 9.64. The quantitative estimate of drug-likeness (QED) is 0.782. The minimum atomic E-state index is 0.771. The first-order chi connectivity index (χ1) is 9.31. The van der Waals surface area contributed by atoms with Gasteiger partial charge in [-0.15, -0.1) is 22.7 Å². The van der Waals surface area contributed by atoms with Crippen LogP contribution in [0.3, 0.4) is 0 Å². The maximum atomic E-state index is 4.49. The number of nitrogens with one attached hydrogen (secondary N) is 1. The van der Waals surface area contributed by atoms with Gasteiger partial charge in [-0.1, -0.05) is 12.1 Å².